The summed E-state index contributed by atoms with van der Waals surface area (Å²) in [7, 11) is 1.56. The summed E-state index contributed by atoms with van der Waals surface area (Å²) in [4.78, 5) is 30.8. The second-order valence-electron chi connectivity index (χ2n) is 6.75. The number of carbonyl (C=O) groups excluding carboxylic acids is 2. The first-order chi connectivity index (χ1) is 13.6. The molecule has 0 radical (unpaired) electrons. The van der Waals surface area contributed by atoms with Crippen molar-refractivity contribution in [1.82, 2.24) is 15.2 Å². The van der Waals surface area contributed by atoms with Crippen molar-refractivity contribution in [2.45, 2.75) is 19.8 Å². The van der Waals surface area contributed by atoms with Gasteiger partial charge >= 0.3 is 0 Å². The molecule has 1 atom stereocenters. The normalized spacial score (nSPS) is 16.5. The maximum absolute atomic E-state index is 12.6. The van der Waals surface area contributed by atoms with Gasteiger partial charge in [-0.1, -0.05) is 12.1 Å². The predicted octanol–water partition coefficient (Wildman–Crippen LogP) is 2.51. The molecule has 0 aliphatic carbocycles. The number of para-hydroxylation sites is 2. The molecular weight excluding hydrogens is 378 g/mol. The average molecular weight is 404 g/mol. The van der Waals surface area contributed by atoms with E-state index in [-0.39, 0.29) is 24.3 Å². The Morgan fingerprint density at radius 3 is 2.82 bits per heavy atom. The van der Waals surface area contributed by atoms with Crippen molar-refractivity contribution in [3.05, 3.63) is 40.3 Å². The van der Waals surface area contributed by atoms with E-state index in [0.29, 0.717) is 30.3 Å². The third-order valence-electron chi connectivity index (χ3n) is 4.66. The fraction of sp³-hybridized carbons (Fsp3) is 0.450. The third-order valence-corrected chi connectivity index (χ3v) is 5.43. The van der Waals surface area contributed by atoms with Crippen LogP contribution in [0.1, 0.15) is 28.3 Å². The van der Waals surface area contributed by atoms with Gasteiger partial charge in [0, 0.05) is 25.0 Å². The maximum atomic E-state index is 12.6. The van der Waals surface area contributed by atoms with E-state index in [2.05, 4.69) is 10.3 Å². The minimum atomic E-state index is -0.190. The number of hydrogen-bond acceptors (Lipinski definition) is 6. The number of nitrogens with one attached hydrogen (secondary N) is 1. The number of rotatable bonds is 7. The van der Waals surface area contributed by atoms with Gasteiger partial charge in [-0.3, -0.25) is 9.59 Å². The molecule has 1 unspecified atom stereocenters. The van der Waals surface area contributed by atoms with E-state index < -0.39 is 0 Å². The van der Waals surface area contributed by atoms with Crippen LogP contribution in [0.25, 0.3) is 0 Å². The highest BCUT2D eigenvalue weighted by Crippen LogP contribution is 2.25. The number of amides is 2. The Balaban J connectivity index is 1.45. The molecule has 7 nitrogen and oxygen atoms in total. The van der Waals surface area contributed by atoms with Gasteiger partial charge in [0.05, 0.1) is 12.1 Å². The summed E-state index contributed by atoms with van der Waals surface area (Å²) in [5, 5.41) is 5.60. The highest BCUT2D eigenvalue weighted by molar-refractivity contribution is 7.09. The number of likely N-dealkylation sites (tertiary alicyclic amines) is 1. The Bertz CT molecular complexity index is 823. The molecule has 2 amide bonds. The third kappa shape index (κ3) is 5.22. The molecule has 1 N–H and O–H groups in total. The zero-order chi connectivity index (χ0) is 19.9. The van der Waals surface area contributed by atoms with Crippen LogP contribution in [0.3, 0.4) is 0 Å². The number of ether oxygens (including phenoxy) is 2. The summed E-state index contributed by atoms with van der Waals surface area (Å²) in [6.07, 6.45) is 1.90. The highest BCUT2D eigenvalue weighted by atomic mass is 32.1. The van der Waals surface area contributed by atoms with E-state index in [1.165, 1.54) is 11.3 Å². The number of hydrogen-bond donors (Lipinski definition) is 1. The molecule has 2 heterocycles. The molecule has 1 aliphatic heterocycles. The molecule has 0 bridgehead atoms. The number of carbonyl (C=O) groups is 2. The van der Waals surface area contributed by atoms with Crippen molar-refractivity contribution >= 4 is 23.2 Å². The van der Waals surface area contributed by atoms with Gasteiger partial charge in [-0.2, -0.15) is 0 Å². The molecule has 1 aromatic carbocycles. The Hall–Kier alpha value is -2.61. The van der Waals surface area contributed by atoms with Gasteiger partial charge in [0.25, 0.3) is 11.8 Å². The quantitative estimate of drug-likeness (QED) is 0.768. The summed E-state index contributed by atoms with van der Waals surface area (Å²) >= 11 is 1.48. The van der Waals surface area contributed by atoms with Gasteiger partial charge in [-0.25, -0.2) is 4.98 Å². The smallest absolute Gasteiger partial charge is 0.273 e. The number of nitrogens with zero attached hydrogens (tertiary/aromatic N) is 2. The van der Waals surface area contributed by atoms with E-state index >= 15 is 0 Å². The van der Waals surface area contributed by atoms with E-state index in [9.17, 15) is 9.59 Å². The van der Waals surface area contributed by atoms with Gasteiger partial charge in [0.15, 0.2) is 18.1 Å². The fourth-order valence-electron chi connectivity index (χ4n) is 3.23. The number of methoxy groups -OCH3 is 1. The number of aryl methyl sites for hydroxylation is 1. The summed E-state index contributed by atoms with van der Waals surface area (Å²) < 4.78 is 10.7. The lowest BCUT2D eigenvalue weighted by atomic mass is 9.97. The average Bonchev–Trinajstić information content (AvgIpc) is 3.16. The molecule has 8 heteroatoms. The van der Waals surface area contributed by atoms with Crippen LogP contribution in [0, 0.1) is 12.8 Å². The maximum Gasteiger partial charge on any atom is 0.273 e. The van der Waals surface area contributed by atoms with Crippen molar-refractivity contribution in [1.29, 1.82) is 0 Å². The van der Waals surface area contributed by atoms with Gasteiger partial charge in [-0.15, -0.1) is 11.3 Å². The molecule has 3 rings (SSSR count). The Labute approximate surface area is 168 Å². The summed E-state index contributed by atoms with van der Waals surface area (Å²) in [6.45, 7) is 3.70. The molecule has 0 saturated carbocycles. The van der Waals surface area contributed by atoms with Crippen LogP contribution >= 0.6 is 11.3 Å². The van der Waals surface area contributed by atoms with Crippen LogP contribution < -0.4 is 14.8 Å². The fourth-order valence-corrected chi connectivity index (χ4v) is 3.82. The van der Waals surface area contributed by atoms with Gasteiger partial charge in [-0.05, 0) is 37.8 Å². The minimum absolute atomic E-state index is 0.0279. The molecule has 1 saturated heterocycles. The van der Waals surface area contributed by atoms with Crippen LogP contribution in [0.2, 0.25) is 0 Å². The molecule has 1 aliphatic rings. The van der Waals surface area contributed by atoms with Crippen molar-refractivity contribution in [2.24, 2.45) is 5.92 Å². The minimum Gasteiger partial charge on any atom is -0.493 e. The Morgan fingerprint density at radius 1 is 1.32 bits per heavy atom. The highest BCUT2D eigenvalue weighted by Gasteiger charge is 2.26. The summed E-state index contributed by atoms with van der Waals surface area (Å²) in [5.74, 6) is 1.14. The summed E-state index contributed by atoms with van der Waals surface area (Å²) in [5.41, 5.74) is 0.511. The van der Waals surface area contributed by atoms with E-state index in [0.717, 1.165) is 24.4 Å². The second kappa shape index (κ2) is 9.54. The zero-order valence-electron chi connectivity index (χ0n) is 16.1. The SMILES string of the molecule is COc1ccccc1OCC(=O)NCC1CCCN(C(=O)c2csc(C)n2)C1. The van der Waals surface area contributed by atoms with E-state index in [1.807, 2.05) is 24.0 Å². The first kappa shape index (κ1) is 20.1. The molecule has 28 heavy (non-hydrogen) atoms. The molecule has 0 spiro atoms. The number of thiazole rings is 1. The van der Waals surface area contributed by atoms with Crippen LogP contribution in [0.4, 0.5) is 0 Å². The lowest BCUT2D eigenvalue weighted by Gasteiger charge is -2.32. The van der Waals surface area contributed by atoms with Crippen LogP contribution in [0.15, 0.2) is 29.6 Å². The molecule has 1 fully saturated rings. The van der Waals surface area contributed by atoms with Crippen molar-refractivity contribution < 1.29 is 19.1 Å². The monoisotopic (exact) mass is 403 g/mol. The van der Waals surface area contributed by atoms with Crippen molar-refractivity contribution in [3.63, 3.8) is 0 Å². The van der Waals surface area contributed by atoms with Crippen LogP contribution in [-0.2, 0) is 4.79 Å². The van der Waals surface area contributed by atoms with E-state index in [4.69, 9.17) is 9.47 Å². The second-order valence-corrected chi connectivity index (χ2v) is 7.82. The summed E-state index contributed by atoms with van der Waals surface area (Å²) in [6, 6.07) is 7.21. The van der Waals surface area contributed by atoms with Crippen molar-refractivity contribution in [2.75, 3.05) is 33.4 Å². The first-order valence-electron chi connectivity index (χ1n) is 9.30. The van der Waals surface area contributed by atoms with Gasteiger partial charge < -0.3 is 19.7 Å². The first-order valence-corrected chi connectivity index (χ1v) is 10.2. The lowest BCUT2D eigenvalue weighted by molar-refractivity contribution is -0.123. The van der Waals surface area contributed by atoms with Crippen LogP contribution in [0.5, 0.6) is 11.5 Å². The Morgan fingerprint density at radius 2 is 2.11 bits per heavy atom. The topological polar surface area (TPSA) is 80.8 Å². The number of aromatic nitrogens is 1. The number of piperidine rings is 1. The van der Waals surface area contributed by atoms with E-state index in [1.54, 1.807) is 24.6 Å². The van der Waals surface area contributed by atoms with Crippen molar-refractivity contribution in [3.8, 4) is 11.5 Å². The number of benzene rings is 1. The lowest BCUT2D eigenvalue weighted by Crippen LogP contribution is -2.44. The van der Waals surface area contributed by atoms with Gasteiger partial charge in [0.2, 0.25) is 0 Å². The van der Waals surface area contributed by atoms with Crippen LogP contribution in [-0.4, -0.2) is 55.0 Å². The molecular formula is C20H25N3O4S. The molecule has 150 valence electrons. The Kier molecular flexibility index (Phi) is 6.86. The zero-order valence-corrected chi connectivity index (χ0v) is 17.0. The van der Waals surface area contributed by atoms with Gasteiger partial charge in [0.1, 0.15) is 5.69 Å². The predicted molar refractivity (Wildman–Crippen MR) is 107 cm³/mol. The molecule has 2 aromatic rings. The largest absolute Gasteiger partial charge is 0.493 e. The standard InChI is InChI=1S/C20H25N3O4S/c1-14-22-16(13-28-14)20(25)23-9-5-6-15(11-23)10-21-19(24)12-27-18-8-4-3-7-17(18)26-2/h3-4,7-8,13,15H,5-6,9-12H2,1-2H3,(H,21,24). The molecule has 1 aromatic heterocycles.